The van der Waals surface area contributed by atoms with Crippen LogP contribution >= 0.6 is 0 Å². The largest absolute Gasteiger partial charge is 0.258 e. The highest BCUT2D eigenvalue weighted by Crippen LogP contribution is 2.14. The minimum atomic E-state index is -0.209. The smallest absolute Gasteiger partial charge is 0.123 e. The van der Waals surface area contributed by atoms with E-state index in [9.17, 15) is 4.39 Å². The fourth-order valence-corrected chi connectivity index (χ4v) is 1.60. The average Bonchev–Trinajstić information content (AvgIpc) is 2.28. The summed E-state index contributed by atoms with van der Waals surface area (Å²) < 4.78 is 12.7. The first kappa shape index (κ1) is 12.9. The van der Waals surface area contributed by atoms with E-state index in [2.05, 4.69) is 11.9 Å². The molecule has 0 atom stereocenters. The number of hydrogen-bond acceptors (Lipinski definition) is 1. The van der Waals surface area contributed by atoms with E-state index in [1.54, 1.807) is 12.1 Å². The summed E-state index contributed by atoms with van der Waals surface area (Å²) in [6, 6.07) is 6.32. The summed E-state index contributed by atoms with van der Waals surface area (Å²) >= 11 is 0. The van der Waals surface area contributed by atoms with Crippen molar-refractivity contribution in [2.45, 2.75) is 46.0 Å². The monoisotopic (exact) mass is 221 g/mol. The molecular formula is C14H20FN. The molecule has 0 aromatic heterocycles. The Hall–Kier alpha value is -1.18. The predicted octanol–water partition coefficient (Wildman–Crippen LogP) is 4.89. The molecule has 0 N–H and O–H groups in total. The molecule has 0 aliphatic carbocycles. The molecule has 1 aromatic rings. The van der Waals surface area contributed by atoms with Gasteiger partial charge in [0.2, 0.25) is 0 Å². The minimum Gasteiger partial charge on any atom is -0.258 e. The lowest BCUT2D eigenvalue weighted by Crippen LogP contribution is -1.90. The zero-order chi connectivity index (χ0) is 11.8. The van der Waals surface area contributed by atoms with Crippen LogP contribution in [0.3, 0.4) is 0 Å². The highest BCUT2D eigenvalue weighted by Gasteiger charge is 1.95. The number of unbranched alkanes of at least 4 members (excludes halogenated alkanes) is 3. The van der Waals surface area contributed by atoms with Crippen molar-refractivity contribution in [3.63, 3.8) is 0 Å². The number of aliphatic imine (C=N–C) groups is 1. The highest BCUT2D eigenvalue weighted by molar-refractivity contribution is 5.84. The van der Waals surface area contributed by atoms with Crippen LogP contribution in [0.4, 0.5) is 10.1 Å². The van der Waals surface area contributed by atoms with Gasteiger partial charge in [0.15, 0.2) is 0 Å². The van der Waals surface area contributed by atoms with Crippen LogP contribution in [0.5, 0.6) is 0 Å². The van der Waals surface area contributed by atoms with E-state index < -0.39 is 0 Å². The van der Waals surface area contributed by atoms with Crippen LogP contribution < -0.4 is 0 Å². The second-order valence-electron chi connectivity index (χ2n) is 4.13. The molecule has 0 heterocycles. The van der Waals surface area contributed by atoms with Crippen LogP contribution in [0, 0.1) is 5.82 Å². The van der Waals surface area contributed by atoms with Crippen molar-refractivity contribution in [2.24, 2.45) is 4.99 Å². The lowest BCUT2D eigenvalue weighted by Gasteiger charge is -2.01. The summed E-state index contributed by atoms with van der Waals surface area (Å²) in [7, 11) is 0. The van der Waals surface area contributed by atoms with Crippen molar-refractivity contribution < 1.29 is 4.39 Å². The Labute approximate surface area is 97.4 Å². The topological polar surface area (TPSA) is 12.4 Å². The van der Waals surface area contributed by atoms with Crippen LogP contribution in [-0.4, -0.2) is 5.71 Å². The average molecular weight is 221 g/mol. The highest BCUT2D eigenvalue weighted by atomic mass is 19.1. The van der Waals surface area contributed by atoms with Crippen molar-refractivity contribution in [2.75, 3.05) is 0 Å². The van der Waals surface area contributed by atoms with E-state index in [1.165, 1.54) is 37.8 Å². The van der Waals surface area contributed by atoms with Crippen molar-refractivity contribution in [1.29, 1.82) is 0 Å². The molecule has 0 unspecified atom stereocenters. The van der Waals surface area contributed by atoms with E-state index >= 15 is 0 Å². The van der Waals surface area contributed by atoms with Crippen molar-refractivity contribution in [3.05, 3.63) is 30.1 Å². The van der Waals surface area contributed by atoms with Gasteiger partial charge in [-0.25, -0.2) is 4.39 Å². The first-order valence-corrected chi connectivity index (χ1v) is 6.02. The molecule has 1 aromatic carbocycles. The van der Waals surface area contributed by atoms with Crippen molar-refractivity contribution in [3.8, 4) is 0 Å². The fraction of sp³-hybridized carbons (Fsp3) is 0.500. The van der Waals surface area contributed by atoms with Gasteiger partial charge in [-0.3, -0.25) is 4.99 Å². The third kappa shape index (κ3) is 5.06. The van der Waals surface area contributed by atoms with E-state index in [0.29, 0.717) is 0 Å². The maximum atomic E-state index is 12.7. The van der Waals surface area contributed by atoms with Gasteiger partial charge < -0.3 is 0 Å². The number of nitrogens with zero attached hydrogens (tertiary/aromatic N) is 1. The molecule has 0 aliphatic rings. The molecule has 1 rings (SSSR count). The van der Waals surface area contributed by atoms with E-state index in [0.717, 1.165) is 17.8 Å². The lowest BCUT2D eigenvalue weighted by molar-refractivity contribution is 0.628. The molecule has 0 saturated carbocycles. The number of rotatable bonds is 6. The van der Waals surface area contributed by atoms with Gasteiger partial charge in [0.1, 0.15) is 5.82 Å². The third-order valence-electron chi connectivity index (χ3n) is 2.54. The number of halogens is 1. The van der Waals surface area contributed by atoms with Gasteiger partial charge >= 0.3 is 0 Å². The predicted molar refractivity (Wildman–Crippen MR) is 67.9 cm³/mol. The Morgan fingerprint density at radius 2 is 1.81 bits per heavy atom. The fourth-order valence-electron chi connectivity index (χ4n) is 1.60. The maximum Gasteiger partial charge on any atom is 0.123 e. The van der Waals surface area contributed by atoms with Gasteiger partial charge in [-0.2, -0.15) is 0 Å². The van der Waals surface area contributed by atoms with Crippen molar-refractivity contribution in [1.82, 2.24) is 0 Å². The standard InChI is InChI=1S/C14H20FN/c1-3-4-5-6-7-12(2)16-14-10-8-13(15)9-11-14/h8-11H,3-7H2,1-2H3. The first-order chi connectivity index (χ1) is 7.72. The third-order valence-corrected chi connectivity index (χ3v) is 2.54. The SMILES string of the molecule is CCCCCCC(C)=Nc1ccc(F)cc1. The van der Waals surface area contributed by atoms with Crippen LogP contribution in [-0.2, 0) is 0 Å². The molecule has 2 heteroatoms. The molecule has 1 nitrogen and oxygen atoms in total. The van der Waals surface area contributed by atoms with Crippen LogP contribution in [0.25, 0.3) is 0 Å². The molecule has 88 valence electrons. The van der Waals surface area contributed by atoms with Crippen LogP contribution in [0.2, 0.25) is 0 Å². The molecule has 0 bridgehead atoms. The molecule has 0 fully saturated rings. The molecule has 0 radical (unpaired) electrons. The summed E-state index contributed by atoms with van der Waals surface area (Å²) in [5.41, 5.74) is 1.97. The van der Waals surface area contributed by atoms with Crippen LogP contribution in [0.1, 0.15) is 46.0 Å². The summed E-state index contributed by atoms with van der Waals surface area (Å²) in [6.07, 6.45) is 6.06. The molecule has 0 aliphatic heterocycles. The lowest BCUT2D eigenvalue weighted by atomic mass is 10.1. The first-order valence-electron chi connectivity index (χ1n) is 6.02. The summed E-state index contributed by atoms with van der Waals surface area (Å²) in [6.45, 7) is 4.24. The zero-order valence-electron chi connectivity index (χ0n) is 10.2. The summed E-state index contributed by atoms with van der Waals surface area (Å²) in [5.74, 6) is -0.209. The summed E-state index contributed by atoms with van der Waals surface area (Å²) in [5, 5.41) is 0. The summed E-state index contributed by atoms with van der Waals surface area (Å²) in [4.78, 5) is 4.45. The quantitative estimate of drug-likeness (QED) is 0.479. The van der Waals surface area contributed by atoms with Gasteiger partial charge in [-0.05, 0) is 44.0 Å². The molecule has 16 heavy (non-hydrogen) atoms. The van der Waals surface area contributed by atoms with Gasteiger partial charge in [-0.1, -0.05) is 26.2 Å². The zero-order valence-corrected chi connectivity index (χ0v) is 10.2. The van der Waals surface area contributed by atoms with E-state index in [1.807, 2.05) is 6.92 Å². The molecular weight excluding hydrogens is 201 g/mol. The Balaban J connectivity index is 2.40. The number of hydrogen-bond donors (Lipinski definition) is 0. The molecule has 0 spiro atoms. The van der Waals surface area contributed by atoms with Gasteiger partial charge in [0.25, 0.3) is 0 Å². The van der Waals surface area contributed by atoms with Crippen molar-refractivity contribution >= 4 is 11.4 Å². The van der Waals surface area contributed by atoms with Gasteiger partial charge in [-0.15, -0.1) is 0 Å². The second-order valence-corrected chi connectivity index (χ2v) is 4.13. The van der Waals surface area contributed by atoms with Gasteiger partial charge in [0, 0.05) is 5.71 Å². The van der Waals surface area contributed by atoms with E-state index in [-0.39, 0.29) is 5.82 Å². The Morgan fingerprint density at radius 3 is 2.44 bits per heavy atom. The van der Waals surface area contributed by atoms with E-state index in [4.69, 9.17) is 0 Å². The molecule has 0 amide bonds. The van der Waals surface area contributed by atoms with Gasteiger partial charge in [0.05, 0.1) is 5.69 Å². The number of benzene rings is 1. The normalized spacial score (nSPS) is 11.8. The minimum absolute atomic E-state index is 0.209. The Morgan fingerprint density at radius 1 is 1.12 bits per heavy atom. The van der Waals surface area contributed by atoms with Crippen LogP contribution in [0.15, 0.2) is 29.3 Å². The maximum absolute atomic E-state index is 12.7. The molecule has 0 saturated heterocycles. The Kier molecular flexibility index (Phi) is 5.76. The Bertz CT molecular complexity index is 327. The second kappa shape index (κ2) is 7.15.